The van der Waals surface area contributed by atoms with Crippen LogP contribution in [0.1, 0.15) is 36.8 Å². The number of hydrogen-bond acceptors (Lipinski definition) is 2. The second-order valence-electron chi connectivity index (χ2n) is 4.51. The fraction of sp³-hybridized carbons (Fsp3) is 0.500. The third kappa shape index (κ3) is 5.00. The molecule has 0 saturated carbocycles. The van der Waals surface area contributed by atoms with E-state index in [1.54, 1.807) is 0 Å². The van der Waals surface area contributed by atoms with E-state index < -0.39 is 0 Å². The Hall–Kier alpha value is -1.35. The molecule has 0 aliphatic heterocycles. The molecule has 1 aromatic rings. The van der Waals surface area contributed by atoms with E-state index >= 15 is 0 Å². The van der Waals surface area contributed by atoms with Crippen molar-refractivity contribution in [3.63, 3.8) is 0 Å². The van der Waals surface area contributed by atoms with Gasteiger partial charge in [0.25, 0.3) is 0 Å². The molecular weight excluding hydrogens is 212 g/mol. The molecule has 1 rings (SSSR count). The minimum Gasteiger partial charge on any atom is -0.356 e. The lowest BCUT2D eigenvalue weighted by molar-refractivity contribution is -0.121. The normalized spacial score (nSPS) is 12.2. The number of hydrogen-bond donors (Lipinski definition) is 2. The summed E-state index contributed by atoms with van der Waals surface area (Å²) in [6, 6.07) is 8.43. The molecule has 94 valence electrons. The number of carbonyl (C=O) groups is 1. The van der Waals surface area contributed by atoms with Crippen LogP contribution in [0.3, 0.4) is 0 Å². The Balaban J connectivity index is 2.36. The molecule has 0 aliphatic carbocycles. The zero-order chi connectivity index (χ0) is 12.7. The average Bonchev–Trinajstić information content (AvgIpc) is 2.34. The predicted octanol–water partition coefficient (Wildman–Crippen LogP) is 1.95. The van der Waals surface area contributed by atoms with Crippen molar-refractivity contribution in [3.8, 4) is 0 Å². The lowest BCUT2D eigenvalue weighted by atomic mass is 10.00. The second-order valence-corrected chi connectivity index (χ2v) is 4.51. The lowest BCUT2D eigenvalue weighted by Gasteiger charge is -2.13. The van der Waals surface area contributed by atoms with Gasteiger partial charge in [-0.15, -0.1) is 0 Å². The van der Waals surface area contributed by atoms with E-state index in [4.69, 9.17) is 5.73 Å². The molecule has 1 atom stereocenters. The zero-order valence-corrected chi connectivity index (χ0v) is 10.7. The summed E-state index contributed by atoms with van der Waals surface area (Å²) in [6.45, 7) is 5.45. The fourth-order valence-corrected chi connectivity index (χ4v) is 1.63. The fourth-order valence-electron chi connectivity index (χ4n) is 1.63. The first-order chi connectivity index (χ1) is 8.13. The van der Waals surface area contributed by atoms with Crippen LogP contribution in [0, 0.1) is 6.92 Å². The summed E-state index contributed by atoms with van der Waals surface area (Å²) in [5, 5.41) is 2.94. The van der Waals surface area contributed by atoms with Crippen molar-refractivity contribution in [1.82, 2.24) is 5.32 Å². The molecule has 0 fully saturated rings. The Morgan fingerprint density at radius 2 is 2.00 bits per heavy atom. The highest BCUT2D eigenvalue weighted by atomic mass is 16.1. The number of carbonyl (C=O) groups excluding carboxylic acids is 1. The molecule has 1 unspecified atom stereocenters. The summed E-state index contributed by atoms with van der Waals surface area (Å²) in [5.74, 6) is 0.437. The first-order valence-corrected chi connectivity index (χ1v) is 6.17. The monoisotopic (exact) mass is 234 g/mol. The van der Waals surface area contributed by atoms with Crippen LogP contribution >= 0.6 is 0 Å². The van der Waals surface area contributed by atoms with Gasteiger partial charge in [0.2, 0.25) is 5.91 Å². The maximum absolute atomic E-state index is 11.4. The van der Waals surface area contributed by atoms with Crippen LogP contribution in [0.25, 0.3) is 0 Å². The lowest BCUT2D eigenvalue weighted by Crippen LogP contribution is -2.27. The SMILES string of the molecule is Cc1ccc(C(C)CNC(=O)CCCN)cc1. The van der Waals surface area contributed by atoms with Crippen LogP contribution in [0.4, 0.5) is 0 Å². The molecule has 1 aromatic carbocycles. The highest BCUT2D eigenvalue weighted by molar-refractivity contribution is 5.75. The van der Waals surface area contributed by atoms with Gasteiger partial charge in [0.15, 0.2) is 0 Å². The van der Waals surface area contributed by atoms with Gasteiger partial charge in [-0.2, -0.15) is 0 Å². The summed E-state index contributed by atoms with van der Waals surface area (Å²) in [5.41, 5.74) is 7.87. The molecule has 0 saturated heterocycles. The molecule has 0 spiro atoms. The molecule has 0 aromatic heterocycles. The predicted molar refractivity (Wildman–Crippen MR) is 70.9 cm³/mol. The van der Waals surface area contributed by atoms with Crippen molar-refractivity contribution < 1.29 is 4.79 Å². The number of rotatable bonds is 6. The van der Waals surface area contributed by atoms with Crippen LogP contribution in [0.15, 0.2) is 24.3 Å². The first kappa shape index (κ1) is 13.7. The molecule has 0 heterocycles. The van der Waals surface area contributed by atoms with Gasteiger partial charge in [0.05, 0.1) is 0 Å². The van der Waals surface area contributed by atoms with E-state index in [9.17, 15) is 4.79 Å². The standard InChI is InChI=1S/C14H22N2O/c1-11-5-7-13(8-6-11)12(2)10-16-14(17)4-3-9-15/h5-8,12H,3-4,9-10,15H2,1-2H3,(H,16,17). The van der Waals surface area contributed by atoms with Crippen molar-refractivity contribution in [2.24, 2.45) is 5.73 Å². The van der Waals surface area contributed by atoms with Crippen molar-refractivity contribution in [2.45, 2.75) is 32.6 Å². The van der Waals surface area contributed by atoms with Crippen LogP contribution in [0.5, 0.6) is 0 Å². The minimum atomic E-state index is 0.0920. The molecular formula is C14H22N2O. The van der Waals surface area contributed by atoms with Gasteiger partial charge in [-0.3, -0.25) is 4.79 Å². The number of aryl methyl sites for hydroxylation is 1. The topological polar surface area (TPSA) is 55.1 Å². The molecule has 3 heteroatoms. The van der Waals surface area contributed by atoms with E-state index in [-0.39, 0.29) is 5.91 Å². The van der Waals surface area contributed by atoms with Gasteiger partial charge in [-0.25, -0.2) is 0 Å². The minimum absolute atomic E-state index is 0.0920. The number of nitrogens with two attached hydrogens (primary N) is 1. The van der Waals surface area contributed by atoms with Gasteiger partial charge < -0.3 is 11.1 Å². The smallest absolute Gasteiger partial charge is 0.220 e. The Kier molecular flexibility index (Phi) is 5.70. The van der Waals surface area contributed by atoms with Crippen LogP contribution < -0.4 is 11.1 Å². The Morgan fingerprint density at radius 3 is 2.59 bits per heavy atom. The summed E-state index contributed by atoms with van der Waals surface area (Å²) in [6.07, 6.45) is 1.28. The van der Waals surface area contributed by atoms with Gasteiger partial charge >= 0.3 is 0 Å². The van der Waals surface area contributed by atoms with Gasteiger partial charge in [0.1, 0.15) is 0 Å². The van der Waals surface area contributed by atoms with E-state index in [0.29, 0.717) is 25.4 Å². The summed E-state index contributed by atoms with van der Waals surface area (Å²) in [7, 11) is 0. The number of amides is 1. The van der Waals surface area contributed by atoms with Crippen molar-refractivity contribution >= 4 is 5.91 Å². The molecule has 17 heavy (non-hydrogen) atoms. The van der Waals surface area contributed by atoms with Crippen LogP contribution in [0.2, 0.25) is 0 Å². The molecule has 3 nitrogen and oxygen atoms in total. The highest BCUT2D eigenvalue weighted by Crippen LogP contribution is 2.14. The largest absolute Gasteiger partial charge is 0.356 e. The maximum atomic E-state index is 11.4. The van der Waals surface area contributed by atoms with Crippen LogP contribution in [-0.2, 0) is 4.79 Å². The van der Waals surface area contributed by atoms with Gasteiger partial charge in [-0.05, 0) is 31.4 Å². The first-order valence-electron chi connectivity index (χ1n) is 6.17. The van der Waals surface area contributed by atoms with Crippen molar-refractivity contribution in [2.75, 3.05) is 13.1 Å². The van der Waals surface area contributed by atoms with Gasteiger partial charge in [-0.1, -0.05) is 36.8 Å². The maximum Gasteiger partial charge on any atom is 0.220 e. The summed E-state index contributed by atoms with van der Waals surface area (Å²) < 4.78 is 0. The molecule has 0 radical (unpaired) electrons. The highest BCUT2D eigenvalue weighted by Gasteiger charge is 2.07. The Bertz CT molecular complexity index is 346. The van der Waals surface area contributed by atoms with E-state index in [1.807, 2.05) is 0 Å². The molecule has 0 bridgehead atoms. The summed E-state index contributed by atoms with van der Waals surface area (Å²) >= 11 is 0. The Morgan fingerprint density at radius 1 is 1.35 bits per heavy atom. The van der Waals surface area contributed by atoms with Crippen LogP contribution in [-0.4, -0.2) is 19.0 Å². The average molecular weight is 234 g/mol. The quantitative estimate of drug-likeness (QED) is 0.790. The Labute approximate surface area is 103 Å². The second kappa shape index (κ2) is 7.07. The van der Waals surface area contributed by atoms with E-state index in [1.165, 1.54) is 11.1 Å². The number of benzene rings is 1. The van der Waals surface area contributed by atoms with Crippen molar-refractivity contribution in [3.05, 3.63) is 35.4 Å². The van der Waals surface area contributed by atoms with E-state index in [2.05, 4.69) is 43.4 Å². The zero-order valence-electron chi connectivity index (χ0n) is 10.7. The van der Waals surface area contributed by atoms with Gasteiger partial charge in [0, 0.05) is 13.0 Å². The molecule has 0 aliphatic rings. The van der Waals surface area contributed by atoms with E-state index in [0.717, 1.165) is 6.42 Å². The summed E-state index contributed by atoms with van der Waals surface area (Å²) in [4.78, 5) is 11.4. The third-order valence-corrected chi connectivity index (χ3v) is 2.86. The van der Waals surface area contributed by atoms with Crippen molar-refractivity contribution in [1.29, 1.82) is 0 Å². The third-order valence-electron chi connectivity index (χ3n) is 2.86. The molecule has 1 amide bonds. The number of nitrogens with one attached hydrogen (secondary N) is 1. The molecule has 3 N–H and O–H groups in total.